The van der Waals surface area contributed by atoms with Gasteiger partial charge in [-0.1, -0.05) is 0 Å². The largest absolute Gasteiger partial charge is 0.481 e. The number of piperazine rings is 1. The molecule has 5 saturated carbocycles. The fourth-order valence-electron chi connectivity index (χ4n) is 7.83. The summed E-state index contributed by atoms with van der Waals surface area (Å²) in [4.78, 5) is 33.9. The number of nitrogens with zero attached hydrogens (tertiary/aromatic N) is 3. The van der Waals surface area contributed by atoms with Gasteiger partial charge in [0.25, 0.3) is 0 Å². The van der Waals surface area contributed by atoms with Crippen molar-refractivity contribution in [1.29, 1.82) is 0 Å². The van der Waals surface area contributed by atoms with E-state index in [-0.39, 0.29) is 29.8 Å². The van der Waals surface area contributed by atoms with Gasteiger partial charge in [0.1, 0.15) is 5.82 Å². The Labute approximate surface area is 208 Å². The highest BCUT2D eigenvalue weighted by Crippen LogP contribution is 2.60. The second kappa shape index (κ2) is 8.60. The Morgan fingerprint density at radius 1 is 1.06 bits per heavy atom. The summed E-state index contributed by atoms with van der Waals surface area (Å²) in [6, 6.07) is 2.35. The Kier molecular flexibility index (Phi) is 5.73. The Hall–Kier alpha value is -2.36. The molecule has 7 nitrogen and oxygen atoms in total. The summed E-state index contributed by atoms with van der Waals surface area (Å²) in [5.41, 5.74) is -1.34. The normalized spacial score (nSPS) is 35.0. The van der Waals surface area contributed by atoms with Gasteiger partial charge in [0, 0.05) is 38.4 Å². The van der Waals surface area contributed by atoms with Crippen LogP contribution in [0.3, 0.4) is 0 Å². The highest BCUT2D eigenvalue weighted by atomic mass is 19.4. The van der Waals surface area contributed by atoms with E-state index in [2.05, 4.69) is 15.2 Å². The van der Waals surface area contributed by atoms with Gasteiger partial charge in [0.2, 0.25) is 5.91 Å². The Morgan fingerprint density at radius 2 is 1.72 bits per heavy atom. The minimum absolute atomic E-state index is 0.0698. The molecule has 7 rings (SSSR count). The number of aliphatic carboxylic acids is 1. The number of pyridine rings is 1. The molecular formula is C26H33F3N4O3. The summed E-state index contributed by atoms with van der Waals surface area (Å²) in [6.45, 7) is 2.51. The van der Waals surface area contributed by atoms with E-state index in [1.54, 1.807) is 0 Å². The van der Waals surface area contributed by atoms with Gasteiger partial charge in [0.15, 0.2) is 0 Å². The summed E-state index contributed by atoms with van der Waals surface area (Å²) in [6.07, 6.45) is 2.70. The van der Waals surface area contributed by atoms with E-state index in [0.29, 0.717) is 56.7 Å². The van der Waals surface area contributed by atoms with Gasteiger partial charge in [-0.25, -0.2) is 4.98 Å². The van der Waals surface area contributed by atoms with Crippen molar-refractivity contribution in [3.8, 4) is 0 Å². The summed E-state index contributed by atoms with van der Waals surface area (Å²) in [5.74, 6) is 1.23. The number of nitrogens with one attached hydrogen (secondary N) is 1. The van der Waals surface area contributed by atoms with Gasteiger partial charge in [-0.15, -0.1) is 0 Å². The number of carboxylic acids is 1. The number of halogens is 3. The molecule has 1 aliphatic heterocycles. The first-order valence-corrected chi connectivity index (χ1v) is 13.2. The van der Waals surface area contributed by atoms with Crippen LogP contribution in [0.4, 0.5) is 19.0 Å². The number of carbonyl (C=O) groups excluding carboxylic acids is 1. The summed E-state index contributed by atoms with van der Waals surface area (Å²) < 4.78 is 38.6. The van der Waals surface area contributed by atoms with Crippen LogP contribution in [-0.2, 0) is 15.8 Å². The molecular weight excluding hydrogens is 473 g/mol. The number of rotatable bonds is 6. The summed E-state index contributed by atoms with van der Waals surface area (Å²) >= 11 is 0. The zero-order chi connectivity index (χ0) is 25.2. The van der Waals surface area contributed by atoms with Crippen LogP contribution in [0.5, 0.6) is 0 Å². The molecule has 0 aromatic carbocycles. The van der Waals surface area contributed by atoms with Crippen molar-refractivity contribution in [1.82, 2.24) is 15.2 Å². The smallest absolute Gasteiger partial charge is 0.417 e. The number of alkyl halides is 3. The van der Waals surface area contributed by atoms with Gasteiger partial charge in [-0.05, 0) is 80.8 Å². The molecule has 10 heteroatoms. The van der Waals surface area contributed by atoms with Crippen LogP contribution >= 0.6 is 0 Å². The average Bonchev–Trinajstić information content (AvgIpc) is 3.66. The average molecular weight is 507 g/mol. The van der Waals surface area contributed by atoms with Gasteiger partial charge in [0.05, 0.1) is 17.0 Å². The minimum atomic E-state index is -4.40. The van der Waals surface area contributed by atoms with E-state index in [1.165, 1.54) is 6.07 Å². The topological polar surface area (TPSA) is 85.8 Å². The lowest BCUT2D eigenvalue weighted by Crippen LogP contribution is -2.63. The molecule has 2 N–H and O–H groups in total. The van der Waals surface area contributed by atoms with Crippen molar-refractivity contribution in [2.24, 2.45) is 29.1 Å². The lowest BCUT2D eigenvalue weighted by Gasteiger charge is -2.58. The molecule has 3 atom stereocenters. The number of carboxylic acid groups (broad SMARTS) is 1. The Balaban J connectivity index is 1.09. The molecule has 1 aromatic rings. The third-order valence-corrected chi connectivity index (χ3v) is 9.48. The molecule has 5 aliphatic carbocycles. The van der Waals surface area contributed by atoms with Gasteiger partial charge < -0.3 is 15.3 Å². The number of aromatic nitrogens is 1. The third-order valence-electron chi connectivity index (χ3n) is 9.48. The summed E-state index contributed by atoms with van der Waals surface area (Å²) in [5, 5.41) is 13.3. The molecule has 4 bridgehead atoms. The molecule has 0 spiro atoms. The molecule has 36 heavy (non-hydrogen) atoms. The Bertz CT molecular complexity index is 1000. The van der Waals surface area contributed by atoms with Gasteiger partial charge in [-0.3, -0.25) is 14.5 Å². The van der Waals surface area contributed by atoms with E-state index >= 15 is 0 Å². The fourth-order valence-corrected chi connectivity index (χ4v) is 7.83. The number of hydrogen-bond acceptors (Lipinski definition) is 5. The second-order valence-corrected chi connectivity index (χ2v) is 11.8. The molecule has 196 valence electrons. The Morgan fingerprint density at radius 3 is 2.25 bits per heavy atom. The number of hydrogen-bond donors (Lipinski definition) is 2. The molecule has 1 aromatic heterocycles. The van der Waals surface area contributed by atoms with Crippen LogP contribution < -0.4 is 10.2 Å². The van der Waals surface area contributed by atoms with E-state index < -0.39 is 23.1 Å². The van der Waals surface area contributed by atoms with Crippen LogP contribution in [0.2, 0.25) is 0 Å². The standard InChI is InChI=1S/C26H33F3N4O3/c27-26(28,29)19-3-4-20(30-14-19)32-5-7-33(8-6-32)22(16-1-2-16)23(34)31-21-17-9-15-10-18(21)13-25(11-15,12-17)24(35)36/h3-4,14-18,21-22H,1-2,5-13H2,(H,31,34)(H,35,36). The van der Waals surface area contributed by atoms with Crippen LogP contribution in [0.1, 0.15) is 50.5 Å². The maximum Gasteiger partial charge on any atom is 0.417 e. The lowest BCUT2D eigenvalue weighted by atomic mass is 9.48. The van der Waals surface area contributed by atoms with Crippen molar-refractivity contribution < 1.29 is 27.9 Å². The van der Waals surface area contributed by atoms with Crippen molar-refractivity contribution >= 4 is 17.7 Å². The third kappa shape index (κ3) is 4.25. The van der Waals surface area contributed by atoms with E-state index in [1.807, 2.05) is 4.90 Å². The molecule has 1 amide bonds. The van der Waals surface area contributed by atoms with Gasteiger partial charge in [-0.2, -0.15) is 13.2 Å². The zero-order valence-corrected chi connectivity index (χ0v) is 20.2. The molecule has 2 heterocycles. The number of anilines is 1. The predicted molar refractivity (Wildman–Crippen MR) is 125 cm³/mol. The van der Waals surface area contributed by atoms with Crippen molar-refractivity contribution in [3.63, 3.8) is 0 Å². The van der Waals surface area contributed by atoms with Crippen LogP contribution in [0, 0.1) is 29.1 Å². The van der Waals surface area contributed by atoms with Crippen LogP contribution in [0.25, 0.3) is 0 Å². The molecule has 3 unspecified atom stereocenters. The minimum Gasteiger partial charge on any atom is -0.481 e. The van der Waals surface area contributed by atoms with Gasteiger partial charge >= 0.3 is 12.1 Å². The van der Waals surface area contributed by atoms with E-state index in [4.69, 9.17) is 0 Å². The first kappa shape index (κ1) is 24.0. The number of carbonyl (C=O) groups is 2. The summed E-state index contributed by atoms with van der Waals surface area (Å²) in [7, 11) is 0. The van der Waals surface area contributed by atoms with Crippen LogP contribution in [-0.4, -0.2) is 65.1 Å². The maximum atomic E-state index is 13.6. The maximum absolute atomic E-state index is 13.6. The predicted octanol–water partition coefficient (Wildman–Crippen LogP) is 3.40. The first-order valence-electron chi connectivity index (χ1n) is 13.2. The van der Waals surface area contributed by atoms with E-state index in [9.17, 15) is 27.9 Å². The molecule has 1 saturated heterocycles. The lowest BCUT2D eigenvalue weighted by molar-refractivity contribution is -0.168. The highest BCUT2D eigenvalue weighted by Gasteiger charge is 2.59. The molecule has 6 aliphatic rings. The number of amides is 1. The second-order valence-electron chi connectivity index (χ2n) is 11.8. The quantitative estimate of drug-likeness (QED) is 0.615. The van der Waals surface area contributed by atoms with Crippen molar-refractivity contribution in [2.45, 2.75) is 63.2 Å². The fraction of sp³-hybridized carbons (Fsp3) is 0.731. The van der Waals surface area contributed by atoms with Crippen molar-refractivity contribution in [3.05, 3.63) is 23.9 Å². The monoisotopic (exact) mass is 506 g/mol. The molecule has 0 radical (unpaired) electrons. The zero-order valence-electron chi connectivity index (χ0n) is 20.2. The highest BCUT2D eigenvalue weighted by molar-refractivity contribution is 5.83. The molecule has 6 fully saturated rings. The van der Waals surface area contributed by atoms with Crippen LogP contribution in [0.15, 0.2) is 18.3 Å². The van der Waals surface area contributed by atoms with E-state index in [0.717, 1.165) is 44.4 Å². The van der Waals surface area contributed by atoms with Crippen molar-refractivity contribution in [2.75, 3.05) is 31.1 Å². The first-order chi connectivity index (χ1) is 17.1. The SMILES string of the molecule is O=C(NC1C2CC3CC1CC(C(=O)O)(C3)C2)C(C1CC1)N1CCN(c2ccc(C(F)(F)F)cn2)CC1.